The van der Waals surface area contributed by atoms with Crippen LogP contribution in [0.1, 0.15) is 26.2 Å². The van der Waals surface area contributed by atoms with Gasteiger partial charge in [0.1, 0.15) is 6.04 Å². The number of nitrogens with one attached hydrogen (secondary N) is 1. The highest BCUT2D eigenvalue weighted by atomic mass is 32.2. The minimum Gasteiger partial charge on any atom is -0.481 e. The second-order valence-corrected chi connectivity index (χ2v) is 6.23. The first-order chi connectivity index (χ1) is 8.38. The van der Waals surface area contributed by atoms with Crippen molar-refractivity contribution < 1.29 is 23.1 Å². The number of aliphatic carboxylic acids is 1. The molecule has 1 saturated heterocycles. The van der Waals surface area contributed by atoms with Gasteiger partial charge in [0.05, 0.1) is 12.2 Å². The van der Waals surface area contributed by atoms with Crippen molar-refractivity contribution in [3.8, 4) is 0 Å². The molecule has 1 atom stereocenters. The number of amides is 1. The summed E-state index contributed by atoms with van der Waals surface area (Å²) in [4.78, 5) is 22.3. The van der Waals surface area contributed by atoms with Gasteiger partial charge in [-0.25, -0.2) is 8.42 Å². The number of nitrogens with zero attached hydrogens (tertiary/aromatic N) is 1. The van der Waals surface area contributed by atoms with E-state index >= 15 is 0 Å². The first-order valence-corrected chi connectivity index (χ1v) is 7.48. The van der Waals surface area contributed by atoms with E-state index in [1.807, 2.05) is 6.92 Å². The van der Waals surface area contributed by atoms with Crippen LogP contribution < -0.4 is 5.32 Å². The Morgan fingerprint density at radius 3 is 2.78 bits per heavy atom. The number of carbonyl (C=O) groups is 2. The normalized spacial score (nSPS) is 21.6. The Bertz CT molecular complexity index is 420. The highest BCUT2D eigenvalue weighted by Crippen LogP contribution is 2.15. The molecule has 0 spiro atoms. The smallest absolute Gasteiger partial charge is 0.305 e. The first kappa shape index (κ1) is 14.9. The van der Waals surface area contributed by atoms with E-state index in [-0.39, 0.29) is 18.8 Å². The Balaban J connectivity index is 2.88. The third-order valence-corrected chi connectivity index (χ3v) is 4.72. The largest absolute Gasteiger partial charge is 0.481 e. The summed E-state index contributed by atoms with van der Waals surface area (Å²) in [6.07, 6.45) is 0.723. The van der Waals surface area contributed by atoms with Crippen LogP contribution in [0.25, 0.3) is 0 Å². The lowest BCUT2D eigenvalue weighted by atomic mass is 10.1. The topological polar surface area (TPSA) is 104 Å². The van der Waals surface area contributed by atoms with Gasteiger partial charge in [-0.2, -0.15) is 4.31 Å². The SMILES string of the molecule is CCCCS(=O)(=O)N1CCNC(=O)[C@H]1CC(=O)O. The highest BCUT2D eigenvalue weighted by molar-refractivity contribution is 7.89. The molecule has 2 N–H and O–H groups in total. The molecule has 1 amide bonds. The van der Waals surface area contributed by atoms with Crippen molar-refractivity contribution in [3.05, 3.63) is 0 Å². The molecule has 1 aliphatic heterocycles. The van der Waals surface area contributed by atoms with Crippen LogP contribution in [-0.4, -0.2) is 54.6 Å². The van der Waals surface area contributed by atoms with Crippen LogP contribution in [0, 0.1) is 0 Å². The van der Waals surface area contributed by atoms with Crippen molar-refractivity contribution in [2.75, 3.05) is 18.8 Å². The van der Waals surface area contributed by atoms with Crippen LogP contribution in [0.3, 0.4) is 0 Å². The number of hydrogen-bond acceptors (Lipinski definition) is 4. The van der Waals surface area contributed by atoms with Gasteiger partial charge in [-0.3, -0.25) is 9.59 Å². The molecule has 0 radical (unpaired) electrons. The van der Waals surface area contributed by atoms with Gasteiger partial charge < -0.3 is 10.4 Å². The molecule has 7 nitrogen and oxygen atoms in total. The Hall–Kier alpha value is -1.15. The summed E-state index contributed by atoms with van der Waals surface area (Å²) in [5.74, 6) is -1.77. The molecule has 0 unspecified atom stereocenters. The van der Waals surface area contributed by atoms with Gasteiger partial charge >= 0.3 is 5.97 Å². The van der Waals surface area contributed by atoms with Crippen molar-refractivity contribution in [3.63, 3.8) is 0 Å². The standard InChI is InChI=1S/C10H18N2O5S/c1-2-3-6-18(16,17)12-5-4-11-10(15)8(12)7-9(13)14/h8H,2-7H2,1H3,(H,11,15)(H,13,14)/t8-/m1/s1. The van der Waals surface area contributed by atoms with Crippen LogP contribution >= 0.6 is 0 Å². The van der Waals surface area contributed by atoms with Crippen LogP contribution in [-0.2, 0) is 19.6 Å². The Morgan fingerprint density at radius 1 is 1.56 bits per heavy atom. The first-order valence-electron chi connectivity index (χ1n) is 5.87. The molecular weight excluding hydrogens is 260 g/mol. The van der Waals surface area contributed by atoms with Gasteiger partial charge in [-0.05, 0) is 6.42 Å². The van der Waals surface area contributed by atoms with Gasteiger partial charge in [-0.15, -0.1) is 0 Å². The fourth-order valence-electron chi connectivity index (χ4n) is 1.83. The maximum absolute atomic E-state index is 12.0. The minimum absolute atomic E-state index is 0.0487. The molecule has 1 rings (SSSR count). The van der Waals surface area contributed by atoms with E-state index in [9.17, 15) is 18.0 Å². The number of carboxylic acids is 1. The van der Waals surface area contributed by atoms with Crippen LogP contribution in [0.4, 0.5) is 0 Å². The maximum Gasteiger partial charge on any atom is 0.305 e. The van der Waals surface area contributed by atoms with E-state index in [2.05, 4.69) is 5.32 Å². The molecule has 1 fully saturated rings. The van der Waals surface area contributed by atoms with Gasteiger partial charge in [0.2, 0.25) is 15.9 Å². The minimum atomic E-state index is -3.56. The molecule has 1 heterocycles. The third-order valence-electron chi connectivity index (χ3n) is 2.76. The average Bonchev–Trinajstić information content (AvgIpc) is 2.28. The number of unbranched alkanes of at least 4 members (excludes halogenated alkanes) is 1. The summed E-state index contributed by atoms with van der Waals surface area (Å²) in [6.45, 7) is 2.23. The molecule has 0 bridgehead atoms. The highest BCUT2D eigenvalue weighted by Gasteiger charge is 2.38. The second-order valence-electron chi connectivity index (χ2n) is 4.18. The third kappa shape index (κ3) is 3.67. The molecule has 0 aromatic carbocycles. The lowest BCUT2D eigenvalue weighted by Crippen LogP contribution is -2.58. The molecule has 8 heteroatoms. The van der Waals surface area contributed by atoms with E-state index in [0.29, 0.717) is 6.42 Å². The van der Waals surface area contributed by atoms with Crippen molar-refractivity contribution in [1.29, 1.82) is 0 Å². The number of carbonyl (C=O) groups excluding carboxylic acids is 1. The molecule has 0 aromatic heterocycles. The Kier molecular flexibility index (Phi) is 5.09. The van der Waals surface area contributed by atoms with Crippen LogP contribution in [0.5, 0.6) is 0 Å². The van der Waals surface area contributed by atoms with E-state index in [1.54, 1.807) is 0 Å². The Labute approximate surface area is 106 Å². The summed E-state index contributed by atoms with van der Waals surface area (Å²) in [7, 11) is -3.56. The number of hydrogen-bond donors (Lipinski definition) is 2. The summed E-state index contributed by atoms with van der Waals surface area (Å²) < 4.78 is 25.1. The molecule has 0 aliphatic carbocycles. The number of sulfonamides is 1. The lowest BCUT2D eigenvalue weighted by molar-refractivity contribution is -0.141. The Morgan fingerprint density at radius 2 is 2.22 bits per heavy atom. The molecule has 1 aliphatic rings. The van der Waals surface area contributed by atoms with Gasteiger partial charge in [0.15, 0.2) is 0 Å². The van der Waals surface area contributed by atoms with E-state index in [4.69, 9.17) is 5.11 Å². The monoisotopic (exact) mass is 278 g/mol. The number of rotatable bonds is 6. The predicted molar refractivity (Wildman–Crippen MR) is 64.5 cm³/mol. The number of piperazine rings is 1. The van der Waals surface area contributed by atoms with Crippen molar-refractivity contribution in [2.24, 2.45) is 0 Å². The zero-order valence-corrected chi connectivity index (χ0v) is 11.1. The summed E-state index contributed by atoms with van der Waals surface area (Å²) in [5, 5.41) is 11.2. The zero-order chi connectivity index (χ0) is 13.8. The molecule has 0 aromatic rings. The fourth-order valence-corrected chi connectivity index (χ4v) is 3.65. The summed E-state index contributed by atoms with van der Waals surface area (Å²) >= 11 is 0. The van der Waals surface area contributed by atoms with E-state index in [1.165, 1.54) is 0 Å². The van der Waals surface area contributed by atoms with Gasteiger partial charge in [0.25, 0.3) is 0 Å². The second kappa shape index (κ2) is 6.14. The summed E-state index contributed by atoms with van der Waals surface area (Å²) in [5.41, 5.74) is 0. The van der Waals surface area contributed by atoms with Crippen LogP contribution in [0.15, 0.2) is 0 Å². The predicted octanol–water partition coefficient (Wildman–Crippen LogP) is -0.609. The lowest BCUT2D eigenvalue weighted by Gasteiger charge is -2.33. The quantitative estimate of drug-likeness (QED) is 0.674. The van der Waals surface area contributed by atoms with E-state index in [0.717, 1.165) is 10.7 Å². The van der Waals surface area contributed by atoms with Crippen molar-refractivity contribution in [1.82, 2.24) is 9.62 Å². The average molecular weight is 278 g/mol. The molecular formula is C10H18N2O5S. The molecule has 104 valence electrons. The summed E-state index contributed by atoms with van der Waals surface area (Å²) in [6, 6.07) is -1.13. The number of carboxylic acid groups (broad SMARTS) is 1. The van der Waals surface area contributed by atoms with Gasteiger partial charge in [-0.1, -0.05) is 13.3 Å². The molecule has 0 saturated carbocycles. The van der Waals surface area contributed by atoms with Crippen molar-refractivity contribution >= 4 is 21.9 Å². The fraction of sp³-hybridized carbons (Fsp3) is 0.800. The van der Waals surface area contributed by atoms with E-state index < -0.39 is 34.4 Å². The molecule has 18 heavy (non-hydrogen) atoms. The van der Waals surface area contributed by atoms with Gasteiger partial charge in [0, 0.05) is 13.1 Å². The maximum atomic E-state index is 12.0. The zero-order valence-electron chi connectivity index (χ0n) is 10.3. The van der Waals surface area contributed by atoms with Crippen molar-refractivity contribution in [2.45, 2.75) is 32.2 Å². The van der Waals surface area contributed by atoms with Crippen LogP contribution in [0.2, 0.25) is 0 Å².